The molecule has 0 amide bonds. The minimum absolute atomic E-state index is 0.195. The van der Waals surface area contributed by atoms with Gasteiger partial charge in [-0.25, -0.2) is 9.78 Å². The van der Waals surface area contributed by atoms with Crippen molar-refractivity contribution in [3.63, 3.8) is 0 Å². The van der Waals surface area contributed by atoms with E-state index in [-0.39, 0.29) is 12.2 Å². The fourth-order valence-corrected chi connectivity index (χ4v) is 2.54. The Labute approximate surface area is 117 Å². The minimum Gasteiger partial charge on any atom is -0.478 e. The van der Waals surface area contributed by atoms with E-state index in [1.165, 1.54) is 0 Å². The number of carboxylic acids is 1. The van der Waals surface area contributed by atoms with Gasteiger partial charge in [0.2, 0.25) is 0 Å². The predicted octanol–water partition coefficient (Wildman–Crippen LogP) is 2.53. The van der Waals surface area contributed by atoms with E-state index in [9.17, 15) is 4.79 Å². The number of aliphatic hydroxyl groups excluding tert-OH is 1. The molecule has 0 fully saturated rings. The Morgan fingerprint density at radius 3 is 2.85 bits per heavy atom. The predicted molar refractivity (Wildman–Crippen MR) is 76.8 cm³/mol. The van der Waals surface area contributed by atoms with Crippen molar-refractivity contribution in [3.05, 3.63) is 30.1 Å². The third-order valence-electron chi connectivity index (χ3n) is 3.56. The Morgan fingerprint density at radius 2 is 2.20 bits per heavy atom. The van der Waals surface area contributed by atoms with Gasteiger partial charge in [0.05, 0.1) is 22.9 Å². The van der Waals surface area contributed by atoms with Gasteiger partial charge < -0.3 is 14.8 Å². The minimum atomic E-state index is -0.939. The largest absolute Gasteiger partial charge is 0.478 e. The van der Waals surface area contributed by atoms with Crippen molar-refractivity contribution in [1.29, 1.82) is 0 Å². The second-order valence-electron chi connectivity index (χ2n) is 5.07. The fraction of sp³-hybridized carbons (Fsp3) is 0.467. The molecule has 1 aromatic heterocycles. The van der Waals surface area contributed by atoms with Crippen LogP contribution in [0, 0.1) is 5.92 Å². The lowest BCUT2D eigenvalue weighted by Gasteiger charge is -2.16. The standard InChI is InChI=1S/C15H20N2O3/c1-2-3-11(6-7-18)9-17-10-16-13-8-12(15(19)20)4-5-14(13)17/h4-5,8,10-11,18H,2-3,6-7,9H2,1H3,(H,19,20). The summed E-state index contributed by atoms with van der Waals surface area (Å²) in [7, 11) is 0. The lowest BCUT2D eigenvalue weighted by Crippen LogP contribution is -2.11. The first-order chi connectivity index (χ1) is 9.65. The molecule has 5 nitrogen and oxygen atoms in total. The molecule has 20 heavy (non-hydrogen) atoms. The SMILES string of the molecule is CCCC(CCO)Cn1cnc2cc(C(=O)O)ccc21. The number of aromatic nitrogens is 2. The average Bonchev–Trinajstić information content (AvgIpc) is 2.82. The van der Waals surface area contributed by atoms with E-state index in [4.69, 9.17) is 10.2 Å². The molecule has 0 spiro atoms. The zero-order valence-electron chi connectivity index (χ0n) is 11.6. The summed E-state index contributed by atoms with van der Waals surface area (Å²) in [6, 6.07) is 4.99. The maximum absolute atomic E-state index is 10.9. The van der Waals surface area contributed by atoms with E-state index >= 15 is 0 Å². The zero-order valence-corrected chi connectivity index (χ0v) is 11.6. The van der Waals surface area contributed by atoms with Gasteiger partial charge in [-0.2, -0.15) is 0 Å². The molecule has 1 atom stereocenters. The van der Waals surface area contributed by atoms with Gasteiger partial charge in [-0.05, 0) is 37.0 Å². The molecule has 0 aliphatic rings. The van der Waals surface area contributed by atoms with Crippen LogP contribution in [0.15, 0.2) is 24.5 Å². The number of hydrogen-bond donors (Lipinski definition) is 2. The summed E-state index contributed by atoms with van der Waals surface area (Å²) in [6.07, 6.45) is 4.67. The molecule has 5 heteroatoms. The van der Waals surface area contributed by atoms with Crippen LogP contribution in [0.3, 0.4) is 0 Å². The number of hydrogen-bond acceptors (Lipinski definition) is 3. The highest BCUT2D eigenvalue weighted by Crippen LogP contribution is 2.19. The quantitative estimate of drug-likeness (QED) is 0.815. The molecule has 2 rings (SSSR count). The van der Waals surface area contributed by atoms with Gasteiger partial charge in [-0.1, -0.05) is 13.3 Å². The summed E-state index contributed by atoms with van der Waals surface area (Å²) < 4.78 is 2.04. The van der Waals surface area contributed by atoms with Gasteiger partial charge in [0, 0.05) is 13.2 Å². The Hall–Kier alpha value is -1.88. The first-order valence-corrected chi connectivity index (χ1v) is 6.94. The first-order valence-electron chi connectivity index (χ1n) is 6.94. The van der Waals surface area contributed by atoms with Crippen LogP contribution >= 0.6 is 0 Å². The Morgan fingerprint density at radius 1 is 1.40 bits per heavy atom. The summed E-state index contributed by atoms with van der Waals surface area (Å²) in [6.45, 7) is 3.13. The normalized spacial score (nSPS) is 12.7. The molecular weight excluding hydrogens is 256 g/mol. The maximum Gasteiger partial charge on any atom is 0.335 e. The van der Waals surface area contributed by atoms with E-state index in [1.54, 1.807) is 24.5 Å². The second kappa shape index (κ2) is 6.52. The Kier molecular flexibility index (Phi) is 4.74. The van der Waals surface area contributed by atoms with Crippen molar-refractivity contribution >= 4 is 17.0 Å². The lowest BCUT2D eigenvalue weighted by molar-refractivity contribution is 0.0697. The highest BCUT2D eigenvalue weighted by atomic mass is 16.4. The summed E-state index contributed by atoms with van der Waals surface area (Å²) >= 11 is 0. The van der Waals surface area contributed by atoms with Crippen LogP contribution in [0.2, 0.25) is 0 Å². The first kappa shape index (κ1) is 14.5. The molecule has 1 heterocycles. The van der Waals surface area contributed by atoms with Crippen molar-refractivity contribution in [2.24, 2.45) is 5.92 Å². The number of fused-ring (bicyclic) bond motifs is 1. The molecular formula is C15H20N2O3. The summed E-state index contributed by atoms with van der Waals surface area (Å²) in [5.74, 6) is -0.521. The van der Waals surface area contributed by atoms with Crippen molar-refractivity contribution in [2.75, 3.05) is 6.61 Å². The number of rotatable bonds is 7. The second-order valence-corrected chi connectivity index (χ2v) is 5.07. The van der Waals surface area contributed by atoms with Crippen LogP contribution in [0.25, 0.3) is 11.0 Å². The van der Waals surface area contributed by atoms with Crippen LogP contribution < -0.4 is 0 Å². The number of nitrogens with zero attached hydrogens (tertiary/aromatic N) is 2. The number of aromatic carboxylic acids is 1. The Balaban J connectivity index is 2.24. The van der Waals surface area contributed by atoms with Gasteiger partial charge in [0.25, 0.3) is 0 Å². The molecule has 2 aromatic rings. The smallest absolute Gasteiger partial charge is 0.335 e. The fourth-order valence-electron chi connectivity index (χ4n) is 2.54. The number of carboxylic acid groups (broad SMARTS) is 1. The number of carbonyl (C=O) groups is 1. The third kappa shape index (κ3) is 3.17. The molecule has 0 radical (unpaired) electrons. The van der Waals surface area contributed by atoms with Crippen LogP contribution in [0.4, 0.5) is 0 Å². The van der Waals surface area contributed by atoms with Gasteiger partial charge in [0.15, 0.2) is 0 Å². The van der Waals surface area contributed by atoms with E-state index in [2.05, 4.69) is 11.9 Å². The molecule has 1 aromatic carbocycles. The van der Waals surface area contributed by atoms with Crippen LogP contribution in [-0.4, -0.2) is 32.3 Å². The highest BCUT2D eigenvalue weighted by Gasteiger charge is 2.12. The summed E-state index contributed by atoms with van der Waals surface area (Å²) in [4.78, 5) is 15.2. The molecule has 0 saturated carbocycles. The summed E-state index contributed by atoms with van der Waals surface area (Å²) in [5.41, 5.74) is 1.89. The lowest BCUT2D eigenvalue weighted by atomic mass is 10.00. The number of imidazole rings is 1. The van der Waals surface area contributed by atoms with Gasteiger partial charge in [-0.3, -0.25) is 0 Å². The summed E-state index contributed by atoms with van der Waals surface area (Å²) in [5, 5.41) is 18.1. The van der Waals surface area contributed by atoms with Gasteiger partial charge in [-0.15, -0.1) is 0 Å². The highest BCUT2D eigenvalue weighted by molar-refractivity contribution is 5.92. The van der Waals surface area contributed by atoms with E-state index < -0.39 is 5.97 Å². The third-order valence-corrected chi connectivity index (χ3v) is 3.56. The van der Waals surface area contributed by atoms with E-state index in [0.717, 1.165) is 31.3 Å². The molecule has 0 saturated heterocycles. The molecule has 2 N–H and O–H groups in total. The van der Waals surface area contributed by atoms with Crippen molar-refractivity contribution in [1.82, 2.24) is 9.55 Å². The zero-order chi connectivity index (χ0) is 14.5. The molecule has 108 valence electrons. The number of benzene rings is 1. The molecule has 0 bridgehead atoms. The van der Waals surface area contributed by atoms with E-state index in [1.807, 2.05) is 4.57 Å². The average molecular weight is 276 g/mol. The van der Waals surface area contributed by atoms with E-state index in [0.29, 0.717) is 11.4 Å². The van der Waals surface area contributed by atoms with Crippen molar-refractivity contribution < 1.29 is 15.0 Å². The maximum atomic E-state index is 10.9. The van der Waals surface area contributed by atoms with Crippen molar-refractivity contribution in [2.45, 2.75) is 32.7 Å². The van der Waals surface area contributed by atoms with Gasteiger partial charge >= 0.3 is 5.97 Å². The van der Waals surface area contributed by atoms with Crippen LogP contribution in [-0.2, 0) is 6.54 Å². The molecule has 1 unspecified atom stereocenters. The topological polar surface area (TPSA) is 75.3 Å². The van der Waals surface area contributed by atoms with Crippen molar-refractivity contribution in [3.8, 4) is 0 Å². The van der Waals surface area contributed by atoms with Crippen LogP contribution in [0.1, 0.15) is 36.5 Å². The monoisotopic (exact) mass is 276 g/mol. The number of aliphatic hydroxyl groups is 1. The molecule has 0 aliphatic heterocycles. The molecule has 0 aliphatic carbocycles. The Bertz CT molecular complexity index is 586. The van der Waals surface area contributed by atoms with Crippen LogP contribution in [0.5, 0.6) is 0 Å². The van der Waals surface area contributed by atoms with Gasteiger partial charge in [0.1, 0.15) is 0 Å².